The van der Waals surface area contributed by atoms with Gasteiger partial charge in [0.2, 0.25) is 0 Å². The van der Waals surface area contributed by atoms with E-state index in [1.165, 1.54) is 0 Å². The molecule has 0 aliphatic heterocycles. The van der Waals surface area contributed by atoms with Crippen molar-refractivity contribution in [2.45, 2.75) is 39.4 Å². The molecule has 0 saturated heterocycles. The number of esters is 2. The maximum Gasteiger partial charge on any atom is 0.324 e. The van der Waals surface area contributed by atoms with Gasteiger partial charge in [0.1, 0.15) is 13.2 Å². The molecule has 4 heteroatoms. The molecule has 2 aromatic carbocycles. The van der Waals surface area contributed by atoms with Gasteiger partial charge in [-0.3, -0.25) is 9.59 Å². The summed E-state index contributed by atoms with van der Waals surface area (Å²) >= 11 is 0. The largest absolute Gasteiger partial charge is 0.460 e. The number of allylic oxidation sites excluding steroid dienone is 4. The van der Waals surface area contributed by atoms with Gasteiger partial charge in [0.25, 0.3) is 0 Å². The van der Waals surface area contributed by atoms with Crippen LogP contribution >= 0.6 is 0 Å². The van der Waals surface area contributed by atoms with Gasteiger partial charge >= 0.3 is 11.9 Å². The Hall–Kier alpha value is -3.14. The molecule has 1 atom stereocenters. The number of hydrogen-bond donors (Lipinski definition) is 0. The van der Waals surface area contributed by atoms with Crippen LogP contribution in [0.1, 0.15) is 37.3 Å². The summed E-state index contributed by atoms with van der Waals surface area (Å²) in [7, 11) is 0. The molecule has 4 rings (SSSR count). The molecule has 0 N–H and O–H groups in total. The molecule has 2 aliphatic carbocycles. The number of ether oxygens (including phenoxy) is 2. The number of rotatable bonds is 6. The minimum Gasteiger partial charge on any atom is -0.460 e. The highest BCUT2D eigenvalue weighted by Crippen LogP contribution is 2.57. The smallest absolute Gasteiger partial charge is 0.324 e. The highest BCUT2D eigenvalue weighted by Gasteiger charge is 2.59. The van der Waals surface area contributed by atoms with Crippen molar-refractivity contribution in [3.63, 3.8) is 0 Å². The molecule has 0 spiro atoms. The SMILES string of the molecule is CC12CC=CC=C1CC(C(=O)OCc1ccccc1)(C(=O)OCc1ccccc1)C2. The first-order valence-corrected chi connectivity index (χ1v) is 10.3. The molecular weight excluding hydrogens is 376 g/mol. The Bertz CT molecular complexity index is 919. The molecule has 0 amide bonds. The van der Waals surface area contributed by atoms with Gasteiger partial charge in [0.15, 0.2) is 5.41 Å². The first kappa shape index (κ1) is 20.1. The van der Waals surface area contributed by atoms with Crippen molar-refractivity contribution >= 4 is 11.9 Å². The molecule has 2 aromatic rings. The third-order valence-electron chi connectivity index (χ3n) is 6.17. The van der Waals surface area contributed by atoms with Crippen molar-refractivity contribution < 1.29 is 19.1 Å². The van der Waals surface area contributed by atoms with E-state index in [4.69, 9.17) is 9.47 Å². The maximum absolute atomic E-state index is 13.3. The Morgan fingerprint density at radius 3 is 1.90 bits per heavy atom. The summed E-state index contributed by atoms with van der Waals surface area (Å²) in [6.45, 7) is 2.39. The number of hydrogen-bond acceptors (Lipinski definition) is 4. The molecule has 0 radical (unpaired) electrons. The highest BCUT2D eigenvalue weighted by molar-refractivity contribution is 6.01. The molecule has 2 aliphatic rings. The second kappa shape index (κ2) is 8.31. The predicted octanol–water partition coefficient (Wildman–Crippen LogP) is 5.15. The molecule has 0 aromatic heterocycles. The van der Waals surface area contributed by atoms with Crippen LogP contribution in [0.4, 0.5) is 0 Å². The Kier molecular flexibility index (Phi) is 5.58. The van der Waals surface area contributed by atoms with Gasteiger partial charge in [-0.1, -0.05) is 91.4 Å². The first-order chi connectivity index (χ1) is 14.5. The maximum atomic E-state index is 13.3. The lowest BCUT2D eigenvalue weighted by molar-refractivity contribution is -0.174. The molecule has 4 nitrogen and oxygen atoms in total. The van der Waals surface area contributed by atoms with Gasteiger partial charge < -0.3 is 9.47 Å². The highest BCUT2D eigenvalue weighted by atomic mass is 16.6. The third kappa shape index (κ3) is 3.95. The van der Waals surface area contributed by atoms with E-state index >= 15 is 0 Å². The molecule has 0 bridgehead atoms. The molecule has 154 valence electrons. The van der Waals surface area contributed by atoms with E-state index in [9.17, 15) is 9.59 Å². The Morgan fingerprint density at radius 1 is 0.867 bits per heavy atom. The average Bonchev–Trinajstić information content (AvgIpc) is 3.11. The molecule has 30 heavy (non-hydrogen) atoms. The van der Waals surface area contributed by atoms with Crippen molar-refractivity contribution in [3.8, 4) is 0 Å². The van der Waals surface area contributed by atoms with E-state index in [1.807, 2.05) is 72.8 Å². The van der Waals surface area contributed by atoms with Gasteiger partial charge in [0, 0.05) is 0 Å². The fourth-order valence-corrected chi connectivity index (χ4v) is 4.45. The van der Waals surface area contributed by atoms with Gasteiger partial charge in [-0.15, -0.1) is 0 Å². The molecule has 0 heterocycles. The zero-order chi connectivity index (χ0) is 21.0. The fraction of sp³-hybridized carbons (Fsp3) is 0.308. The predicted molar refractivity (Wildman–Crippen MR) is 114 cm³/mol. The summed E-state index contributed by atoms with van der Waals surface area (Å²) in [5.41, 5.74) is 1.35. The van der Waals surface area contributed by atoms with E-state index < -0.39 is 17.4 Å². The number of fused-ring (bicyclic) bond motifs is 1. The standard InChI is InChI=1S/C26H26O4/c1-25-15-9-8-14-22(25)16-26(19-25,23(27)29-17-20-10-4-2-5-11-20)24(28)30-18-21-12-6-3-7-13-21/h2-14H,15-19H2,1H3. The van der Waals surface area contributed by atoms with Gasteiger partial charge in [-0.05, 0) is 35.8 Å². The second-order valence-corrected chi connectivity index (χ2v) is 8.44. The third-order valence-corrected chi connectivity index (χ3v) is 6.17. The van der Waals surface area contributed by atoms with Crippen LogP contribution in [-0.2, 0) is 32.3 Å². The summed E-state index contributed by atoms with van der Waals surface area (Å²) in [6, 6.07) is 19.0. The molecule has 1 fully saturated rings. The number of benzene rings is 2. The zero-order valence-electron chi connectivity index (χ0n) is 17.2. The lowest BCUT2D eigenvalue weighted by atomic mass is 9.76. The van der Waals surface area contributed by atoms with Gasteiger partial charge in [0.05, 0.1) is 0 Å². The Balaban J connectivity index is 1.55. The molecular formula is C26H26O4. The first-order valence-electron chi connectivity index (χ1n) is 10.3. The van der Waals surface area contributed by atoms with Crippen LogP contribution in [0.3, 0.4) is 0 Å². The zero-order valence-corrected chi connectivity index (χ0v) is 17.2. The molecule has 1 saturated carbocycles. The van der Waals surface area contributed by atoms with Crippen molar-refractivity contribution in [1.29, 1.82) is 0 Å². The van der Waals surface area contributed by atoms with Crippen LogP contribution in [0.15, 0.2) is 84.5 Å². The van der Waals surface area contributed by atoms with E-state index in [0.29, 0.717) is 12.8 Å². The van der Waals surface area contributed by atoms with E-state index in [2.05, 4.69) is 13.0 Å². The van der Waals surface area contributed by atoms with Gasteiger partial charge in [-0.25, -0.2) is 0 Å². The summed E-state index contributed by atoms with van der Waals surface area (Å²) in [5, 5.41) is 0. The van der Waals surface area contributed by atoms with Crippen molar-refractivity contribution in [1.82, 2.24) is 0 Å². The Labute approximate surface area is 177 Å². The van der Waals surface area contributed by atoms with Crippen LogP contribution < -0.4 is 0 Å². The van der Waals surface area contributed by atoms with Crippen molar-refractivity contribution in [3.05, 3.63) is 95.6 Å². The van der Waals surface area contributed by atoms with Crippen LogP contribution in [0.5, 0.6) is 0 Å². The minimum absolute atomic E-state index is 0.140. The van der Waals surface area contributed by atoms with Crippen LogP contribution in [0.2, 0.25) is 0 Å². The lowest BCUT2D eigenvalue weighted by Crippen LogP contribution is -2.40. The number of carbonyl (C=O) groups is 2. The summed E-state index contributed by atoms with van der Waals surface area (Å²) in [4.78, 5) is 26.6. The monoisotopic (exact) mass is 402 g/mol. The Morgan fingerprint density at radius 2 is 1.40 bits per heavy atom. The minimum atomic E-state index is -1.31. The number of carbonyl (C=O) groups excluding carboxylic acids is 2. The lowest BCUT2D eigenvalue weighted by Gasteiger charge is -2.29. The van der Waals surface area contributed by atoms with Gasteiger partial charge in [-0.2, -0.15) is 0 Å². The van der Waals surface area contributed by atoms with E-state index in [0.717, 1.165) is 23.1 Å². The fourth-order valence-electron chi connectivity index (χ4n) is 4.45. The van der Waals surface area contributed by atoms with E-state index in [-0.39, 0.29) is 18.6 Å². The summed E-state index contributed by atoms with van der Waals surface area (Å²) in [5.74, 6) is -0.998. The molecule has 1 unspecified atom stereocenters. The van der Waals surface area contributed by atoms with Crippen molar-refractivity contribution in [2.75, 3.05) is 0 Å². The second-order valence-electron chi connectivity index (χ2n) is 8.44. The normalized spacial score (nSPS) is 21.4. The summed E-state index contributed by atoms with van der Waals surface area (Å²) in [6.07, 6.45) is 7.66. The topological polar surface area (TPSA) is 52.6 Å². The van der Waals surface area contributed by atoms with Crippen LogP contribution in [0.25, 0.3) is 0 Å². The average molecular weight is 402 g/mol. The van der Waals surface area contributed by atoms with Crippen molar-refractivity contribution in [2.24, 2.45) is 10.8 Å². The van der Waals surface area contributed by atoms with E-state index in [1.54, 1.807) is 0 Å². The van der Waals surface area contributed by atoms with Crippen LogP contribution in [0, 0.1) is 10.8 Å². The quantitative estimate of drug-likeness (QED) is 0.496. The van der Waals surface area contributed by atoms with Crippen LogP contribution in [-0.4, -0.2) is 11.9 Å². The summed E-state index contributed by atoms with van der Waals surface area (Å²) < 4.78 is 11.3.